The molecule has 4 heteroatoms. The summed E-state index contributed by atoms with van der Waals surface area (Å²) >= 11 is 0. The van der Waals surface area contributed by atoms with E-state index in [2.05, 4.69) is 33.0 Å². The number of nitrogens with one attached hydrogen (secondary N) is 1. The van der Waals surface area contributed by atoms with Crippen LogP contribution in [0, 0.1) is 16.7 Å². The van der Waals surface area contributed by atoms with Gasteiger partial charge in [0.25, 0.3) is 0 Å². The van der Waals surface area contributed by atoms with Crippen molar-refractivity contribution in [2.24, 2.45) is 16.7 Å². The Kier molecular flexibility index (Phi) is 4.88. The van der Waals surface area contributed by atoms with Crippen molar-refractivity contribution in [1.82, 2.24) is 10.2 Å². The zero-order valence-electron chi connectivity index (χ0n) is 14.0. The summed E-state index contributed by atoms with van der Waals surface area (Å²) in [5.74, 6) is 0.420. The lowest BCUT2D eigenvalue weighted by molar-refractivity contribution is -0.137. The quantitative estimate of drug-likeness (QED) is 0.845. The summed E-state index contributed by atoms with van der Waals surface area (Å²) in [4.78, 5) is 26.4. The number of amides is 2. The highest BCUT2D eigenvalue weighted by atomic mass is 16.2. The molecule has 0 aromatic heterocycles. The lowest BCUT2D eigenvalue weighted by atomic mass is 9.81. The van der Waals surface area contributed by atoms with Gasteiger partial charge in [-0.2, -0.15) is 0 Å². The highest BCUT2D eigenvalue weighted by Crippen LogP contribution is 2.28. The highest BCUT2D eigenvalue weighted by molar-refractivity contribution is 5.90. The molecule has 0 bridgehead atoms. The van der Waals surface area contributed by atoms with E-state index >= 15 is 0 Å². The third-order valence-electron chi connectivity index (χ3n) is 4.31. The molecule has 1 rings (SSSR count). The Hall–Kier alpha value is -1.06. The molecule has 1 N–H and O–H groups in total. The van der Waals surface area contributed by atoms with E-state index in [1.807, 2.05) is 25.7 Å². The Labute approximate surface area is 123 Å². The average molecular weight is 282 g/mol. The maximum absolute atomic E-state index is 12.7. The molecule has 0 aromatic rings. The molecule has 1 heterocycles. The van der Waals surface area contributed by atoms with E-state index in [0.717, 1.165) is 0 Å². The number of rotatable bonds is 2. The summed E-state index contributed by atoms with van der Waals surface area (Å²) in [6.07, 6.45) is 0.398. The lowest BCUT2D eigenvalue weighted by Gasteiger charge is -2.36. The molecule has 2 unspecified atom stereocenters. The molecule has 0 spiro atoms. The molecule has 1 saturated heterocycles. The number of carbonyl (C=O) groups excluding carboxylic acids is 2. The highest BCUT2D eigenvalue weighted by Gasteiger charge is 2.38. The van der Waals surface area contributed by atoms with Crippen molar-refractivity contribution in [3.8, 4) is 0 Å². The van der Waals surface area contributed by atoms with Crippen molar-refractivity contribution in [2.75, 3.05) is 13.1 Å². The zero-order valence-corrected chi connectivity index (χ0v) is 14.0. The van der Waals surface area contributed by atoms with Gasteiger partial charge in [-0.25, -0.2) is 0 Å². The third kappa shape index (κ3) is 4.22. The van der Waals surface area contributed by atoms with Gasteiger partial charge in [-0.15, -0.1) is 0 Å². The van der Waals surface area contributed by atoms with Crippen molar-refractivity contribution in [3.05, 3.63) is 0 Å². The maximum Gasteiger partial charge on any atom is 0.245 e. The van der Waals surface area contributed by atoms with Crippen LogP contribution in [0.4, 0.5) is 0 Å². The fourth-order valence-corrected chi connectivity index (χ4v) is 2.20. The minimum Gasteiger partial charge on any atom is -0.344 e. The Morgan fingerprint density at radius 3 is 2.20 bits per heavy atom. The van der Waals surface area contributed by atoms with E-state index in [0.29, 0.717) is 25.4 Å². The lowest BCUT2D eigenvalue weighted by Crippen LogP contribution is -2.52. The Morgan fingerprint density at radius 1 is 1.20 bits per heavy atom. The summed E-state index contributed by atoms with van der Waals surface area (Å²) in [5.41, 5.74) is -0.110. The average Bonchev–Trinajstić information content (AvgIpc) is 2.39. The minimum atomic E-state index is -0.426. The van der Waals surface area contributed by atoms with E-state index in [1.165, 1.54) is 0 Å². The Balaban J connectivity index is 2.91. The van der Waals surface area contributed by atoms with Gasteiger partial charge in [0.1, 0.15) is 6.04 Å². The smallest absolute Gasteiger partial charge is 0.245 e. The molecule has 1 aliphatic rings. The molecule has 0 radical (unpaired) electrons. The molecular formula is C16H30N2O2. The second-order valence-corrected chi connectivity index (χ2v) is 8.17. The standard InChI is InChI=1S/C16H30N2O2/c1-11(15(2,3)4)10-18-9-8-12(19)17-13(14(18)20)16(5,6)7/h11,13H,8-10H2,1-7H3,(H,17,19). The first-order valence-corrected chi connectivity index (χ1v) is 7.51. The predicted octanol–water partition coefficient (Wildman–Crippen LogP) is 2.43. The van der Waals surface area contributed by atoms with Crippen molar-refractivity contribution in [1.29, 1.82) is 0 Å². The summed E-state index contributed by atoms with van der Waals surface area (Å²) in [5, 5.41) is 2.88. The maximum atomic E-state index is 12.7. The molecule has 0 aromatic carbocycles. The first-order chi connectivity index (χ1) is 8.93. The second-order valence-electron chi connectivity index (χ2n) is 8.17. The van der Waals surface area contributed by atoms with Gasteiger partial charge in [-0.05, 0) is 16.7 Å². The molecule has 0 aliphatic carbocycles. The third-order valence-corrected chi connectivity index (χ3v) is 4.31. The van der Waals surface area contributed by atoms with Crippen molar-refractivity contribution in [3.63, 3.8) is 0 Å². The van der Waals surface area contributed by atoms with E-state index in [-0.39, 0.29) is 22.6 Å². The van der Waals surface area contributed by atoms with Crippen LogP contribution < -0.4 is 5.32 Å². The summed E-state index contributed by atoms with van der Waals surface area (Å²) in [6.45, 7) is 15.9. The van der Waals surface area contributed by atoms with Crippen LogP contribution in [0.15, 0.2) is 0 Å². The second kappa shape index (κ2) is 5.74. The van der Waals surface area contributed by atoms with Crippen LogP contribution >= 0.6 is 0 Å². The minimum absolute atomic E-state index is 0.0239. The van der Waals surface area contributed by atoms with Crippen molar-refractivity contribution >= 4 is 11.8 Å². The molecule has 2 amide bonds. The molecule has 4 nitrogen and oxygen atoms in total. The fourth-order valence-electron chi connectivity index (χ4n) is 2.20. The van der Waals surface area contributed by atoms with Gasteiger partial charge < -0.3 is 10.2 Å². The van der Waals surface area contributed by atoms with Crippen LogP contribution in [0.2, 0.25) is 0 Å². The number of hydrogen-bond donors (Lipinski definition) is 1. The van der Waals surface area contributed by atoms with Gasteiger partial charge in [0.15, 0.2) is 0 Å². The van der Waals surface area contributed by atoms with Gasteiger partial charge >= 0.3 is 0 Å². The van der Waals surface area contributed by atoms with Crippen LogP contribution in [0.25, 0.3) is 0 Å². The fraction of sp³-hybridized carbons (Fsp3) is 0.875. The monoisotopic (exact) mass is 282 g/mol. The molecule has 20 heavy (non-hydrogen) atoms. The van der Waals surface area contributed by atoms with Gasteiger partial charge in [0.05, 0.1) is 0 Å². The van der Waals surface area contributed by atoms with E-state index in [1.54, 1.807) is 0 Å². The van der Waals surface area contributed by atoms with Gasteiger partial charge in [0.2, 0.25) is 11.8 Å². The first kappa shape index (κ1) is 17.0. The molecule has 1 fully saturated rings. The van der Waals surface area contributed by atoms with E-state index in [4.69, 9.17) is 0 Å². The van der Waals surface area contributed by atoms with E-state index in [9.17, 15) is 9.59 Å². The van der Waals surface area contributed by atoms with Gasteiger partial charge in [-0.1, -0.05) is 48.5 Å². The van der Waals surface area contributed by atoms with Crippen LogP contribution in [0.5, 0.6) is 0 Å². The molecule has 0 saturated carbocycles. The normalized spacial score (nSPS) is 23.4. The van der Waals surface area contributed by atoms with Crippen LogP contribution in [0.1, 0.15) is 54.9 Å². The molecule has 1 aliphatic heterocycles. The summed E-state index contributed by atoms with van der Waals surface area (Å²) < 4.78 is 0. The van der Waals surface area contributed by atoms with Crippen LogP contribution in [-0.2, 0) is 9.59 Å². The Bertz CT molecular complexity index is 377. The summed E-state index contributed by atoms with van der Waals surface area (Å²) in [6, 6.07) is -0.426. The predicted molar refractivity (Wildman–Crippen MR) is 81.2 cm³/mol. The molecular weight excluding hydrogens is 252 g/mol. The molecule has 2 atom stereocenters. The number of hydrogen-bond acceptors (Lipinski definition) is 2. The Morgan fingerprint density at radius 2 is 1.75 bits per heavy atom. The number of nitrogens with zero attached hydrogens (tertiary/aromatic N) is 1. The van der Waals surface area contributed by atoms with Gasteiger partial charge in [0, 0.05) is 19.5 Å². The largest absolute Gasteiger partial charge is 0.344 e. The van der Waals surface area contributed by atoms with Crippen LogP contribution in [0.3, 0.4) is 0 Å². The topological polar surface area (TPSA) is 49.4 Å². The molecule has 116 valence electrons. The first-order valence-electron chi connectivity index (χ1n) is 7.51. The number of carbonyl (C=O) groups is 2. The zero-order chi connectivity index (χ0) is 15.7. The van der Waals surface area contributed by atoms with Crippen LogP contribution in [-0.4, -0.2) is 35.8 Å². The van der Waals surface area contributed by atoms with E-state index < -0.39 is 6.04 Å². The summed E-state index contributed by atoms with van der Waals surface area (Å²) in [7, 11) is 0. The SMILES string of the molecule is CC(CN1CCC(=O)NC(C(C)(C)C)C1=O)C(C)(C)C. The van der Waals surface area contributed by atoms with Crippen molar-refractivity contribution in [2.45, 2.75) is 60.9 Å². The van der Waals surface area contributed by atoms with Gasteiger partial charge in [-0.3, -0.25) is 9.59 Å². The van der Waals surface area contributed by atoms with Crippen molar-refractivity contribution < 1.29 is 9.59 Å².